The molecular weight excluding hydrogens is 330 g/mol. The molecule has 0 saturated carbocycles. The molecule has 26 heavy (non-hydrogen) atoms. The third kappa shape index (κ3) is 3.11. The zero-order valence-corrected chi connectivity index (χ0v) is 14.4. The van der Waals surface area contributed by atoms with Crippen LogP contribution in [-0.4, -0.2) is 30.9 Å². The second-order valence-electron chi connectivity index (χ2n) is 5.91. The fraction of sp³-hybridized carbons (Fsp3) is 0.211. The normalized spacial score (nSPS) is 11.1. The van der Waals surface area contributed by atoms with Gasteiger partial charge in [-0.05, 0) is 37.3 Å². The second kappa shape index (κ2) is 6.87. The first-order valence-electron chi connectivity index (χ1n) is 8.53. The molecule has 3 aromatic heterocycles. The fourth-order valence-corrected chi connectivity index (χ4v) is 2.98. The van der Waals surface area contributed by atoms with Crippen molar-refractivity contribution >= 4 is 10.9 Å². The van der Waals surface area contributed by atoms with E-state index in [-0.39, 0.29) is 5.56 Å². The average molecular weight is 349 g/mol. The Morgan fingerprint density at radius 3 is 2.88 bits per heavy atom. The van der Waals surface area contributed by atoms with Crippen molar-refractivity contribution in [1.29, 1.82) is 0 Å². The van der Waals surface area contributed by atoms with Crippen LogP contribution in [0.15, 0.2) is 59.9 Å². The Bertz CT molecular complexity index is 1080. The van der Waals surface area contributed by atoms with Crippen molar-refractivity contribution < 1.29 is 4.74 Å². The van der Waals surface area contributed by atoms with Crippen LogP contribution < -0.4 is 10.3 Å². The van der Waals surface area contributed by atoms with Gasteiger partial charge in [-0.15, -0.1) is 0 Å². The molecule has 0 aliphatic heterocycles. The third-order valence-electron chi connectivity index (χ3n) is 4.21. The lowest BCUT2D eigenvalue weighted by molar-refractivity contribution is 0.340. The van der Waals surface area contributed by atoms with Crippen LogP contribution in [0, 0.1) is 0 Å². The number of aromatic amines is 1. The van der Waals surface area contributed by atoms with Crippen LogP contribution in [0.3, 0.4) is 0 Å². The summed E-state index contributed by atoms with van der Waals surface area (Å²) in [5, 5.41) is 5.11. The molecule has 7 heteroatoms. The number of hydrogen-bond donors (Lipinski definition) is 1. The number of H-pyrrole nitrogens is 1. The van der Waals surface area contributed by atoms with Crippen LogP contribution >= 0.6 is 0 Å². The predicted molar refractivity (Wildman–Crippen MR) is 99.2 cm³/mol. The van der Waals surface area contributed by atoms with Gasteiger partial charge in [-0.25, -0.2) is 4.98 Å². The molecule has 7 nitrogen and oxygen atoms in total. The van der Waals surface area contributed by atoms with Crippen molar-refractivity contribution in [3.05, 3.63) is 65.5 Å². The minimum Gasteiger partial charge on any atom is -0.494 e. The molecule has 0 bridgehead atoms. The summed E-state index contributed by atoms with van der Waals surface area (Å²) in [5.74, 6) is 1.42. The number of nitrogens with one attached hydrogen (secondary N) is 1. The molecule has 4 rings (SSSR count). The summed E-state index contributed by atoms with van der Waals surface area (Å²) in [4.78, 5) is 19.9. The molecule has 3 heterocycles. The van der Waals surface area contributed by atoms with Crippen molar-refractivity contribution in [3.8, 4) is 17.1 Å². The molecule has 0 spiro atoms. The van der Waals surface area contributed by atoms with Gasteiger partial charge in [-0.3, -0.25) is 9.48 Å². The summed E-state index contributed by atoms with van der Waals surface area (Å²) in [7, 11) is 0. The number of hydrogen-bond acceptors (Lipinski definition) is 4. The number of nitrogens with zero attached hydrogens (tertiary/aromatic N) is 4. The summed E-state index contributed by atoms with van der Waals surface area (Å²) >= 11 is 0. The van der Waals surface area contributed by atoms with Crippen LogP contribution in [-0.2, 0) is 13.1 Å². The number of ether oxygens (including phenoxy) is 1. The Kier molecular flexibility index (Phi) is 4.27. The largest absolute Gasteiger partial charge is 0.494 e. The maximum Gasteiger partial charge on any atom is 0.259 e. The number of aromatic nitrogens is 5. The number of imidazole rings is 1. The van der Waals surface area contributed by atoms with Gasteiger partial charge in [0.2, 0.25) is 0 Å². The van der Waals surface area contributed by atoms with E-state index in [1.165, 1.54) is 0 Å². The van der Waals surface area contributed by atoms with E-state index in [0.717, 1.165) is 16.7 Å². The Labute approximate surface area is 149 Å². The summed E-state index contributed by atoms with van der Waals surface area (Å²) < 4.78 is 9.37. The number of aryl methyl sites for hydroxylation is 2. The molecule has 1 aromatic carbocycles. The molecule has 0 aliphatic rings. The van der Waals surface area contributed by atoms with Crippen molar-refractivity contribution in [2.45, 2.75) is 20.0 Å². The van der Waals surface area contributed by atoms with Crippen LogP contribution in [0.5, 0.6) is 5.75 Å². The minimum absolute atomic E-state index is 0.159. The van der Waals surface area contributed by atoms with Crippen molar-refractivity contribution in [1.82, 2.24) is 24.3 Å². The lowest BCUT2D eigenvalue weighted by atomic mass is 10.1. The fourth-order valence-electron chi connectivity index (χ4n) is 2.98. The molecule has 0 amide bonds. The molecule has 0 radical (unpaired) electrons. The van der Waals surface area contributed by atoms with Crippen LogP contribution in [0.1, 0.15) is 6.92 Å². The van der Waals surface area contributed by atoms with Crippen LogP contribution in [0.4, 0.5) is 0 Å². The van der Waals surface area contributed by atoms with E-state index in [1.807, 2.05) is 58.9 Å². The Hall–Kier alpha value is -3.35. The van der Waals surface area contributed by atoms with Gasteiger partial charge >= 0.3 is 0 Å². The highest BCUT2D eigenvalue weighted by atomic mass is 16.5. The van der Waals surface area contributed by atoms with E-state index in [2.05, 4.69) is 15.1 Å². The number of fused-ring (bicyclic) bond motifs is 1. The van der Waals surface area contributed by atoms with Crippen LogP contribution in [0.25, 0.3) is 22.3 Å². The standard InChI is InChI=1S/C19H19N5O2/c1-2-26-15-4-5-17-14(12-15)13-16(19(25)22-17)18-20-7-9-23(18)10-11-24-8-3-6-21-24/h3-9,12-13H,2,10-11H2,1H3,(H,22,25). The molecule has 0 unspecified atom stereocenters. The van der Waals surface area contributed by atoms with Gasteiger partial charge < -0.3 is 14.3 Å². The van der Waals surface area contributed by atoms with Gasteiger partial charge in [0.05, 0.1) is 18.7 Å². The van der Waals surface area contributed by atoms with E-state index in [1.54, 1.807) is 12.4 Å². The lowest BCUT2D eigenvalue weighted by Crippen LogP contribution is -2.14. The van der Waals surface area contributed by atoms with Crippen molar-refractivity contribution in [2.24, 2.45) is 0 Å². The van der Waals surface area contributed by atoms with Gasteiger partial charge in [0.1, 0.15) is 11.6 Å². The molecule has 0 atom stereocenters. The predicted octanol–water partition coefficient (Wildman–Crippen LogP) is 2.69. The average Bonchev–Trinajstić information content (AvgIpc) is 3.31. The SMILES string of the molecule is CCOc1ccc2[nH]c(=O)c(-c3nccn3CCn3cccn3)cc2c1. The topological polar surface area (TPSA) is 77.7 Å². The van der Waals surface area contributed by atoms with E-state index in [0.29, 0.717) is 31.1 Å². The highest BCUT2D eigenvalue weighted by Crippen LogP contribution is 2.22. The van der Waals surface area contributed by atoms with E-state index in [9.17, 15) is 4.79 Å². The van der Waals surface area contributed by atoms with Gasteiger partial charge in [-0.2, -0.15) is 5.10 Å². The highest BCUT2D eigenvalue weighted by molar-refractivity contribution is 5.83. The number of pyridine rings is 1. The van der Waals surface area contributed by atoms with Gasteiger partial charge in [0, 0.05) is 42.2 Å². The maximum atomic E-state index is 12.6. The van der Waals surface area contributed by atoms with Crippen LogP contribution in [0.2, 0.25) is 0 Å². The highest BCUT2D eigenvalue weighted by Gasteiger charge is 2.12. The Morgan fingerprint density at radius 2 is 2.08 bits per heavy atom. The first-order valence-corrected chi connectivity index (χ1v) is 8.53. The minimum atomic E-state index is -0.159. The molecule has 0 aliphatic carbocycles. The van der Waals surface area contributed by atoms with E-state index in [4.69, 9.17) is 4.74 Å². The monoisotopic (exact) mass is 349 g/mol. The van der Waals surface area contributed by atoms with Gasteiger partial charge in [-0.1, -0.05) is 0 Å². The zero-order valence-electron chi connectivity index (χ0n) is 14.4. The Morgan fingerprint density at radius 1 is 1.15 bits per heavy atom. The zero-order chi connectivity index (χ0) is 17.9. The quantitative estimate of drug-likeness (QED) is 0.580. The number of benzene rings is 1. The van der Waals surface area contributed by atoms with Crippen molar-refractivity contribution in [2.75, 3.05) is 6.61 Å². The summed E-state index contributed by atoms with van der Waals surface area (Å²) in [6.45, 7) is 3.92. The maximum absolute atomic E-state index is 12.6. The molecule has 4 aromatic rings. The molecular formula is C19H19N5O2. The first kappa shape index (κ1) is 16.1. The van der Waals surface area contributed by atoms with Gasteiger partial charge in [0.15, 0.2) is 0 Å². The van der Waals surface area contributed by atoms with Gasteiger partial charge in [0.25, 0.3) is 5.56 Å². The molecule has 1 N–H and O–H groups in total. The number of rotatable bonds is 6. The molecule has 0 saturated heterocycles. The third-order valence-corrected chi connectivity index (χ3v) is 4.21. The lowest BCUT2D eigenvalue weighted by Gasteiger charge is -2.09. The summed E-state index contributed by atoms with van der Waals surface area (Å²) in [5.41, 5.74) is 1.15. The Balaban J connectivity index is 1.71. The molecule has 0 fully saturated rings. The molecule has 132 valence electrons. The van der Waals surface area contributed by atoms with Crippen molar-refractivity contribution in [3.63, 3.8) is 0 Å². The first-order chi connectivity index (χ1) is 12.7. The summed E-state index contributed by atoms with van der Waals surface area (Å²) in [6.07, 6.45) is 7.24. The second-order valence-corrected chi connectivity index (χ2v) is 5.91. The van der Waals surface area contributed by atoms with E-state index < -0.39 is 0 Å². The smallest absolute Gasteiger partial charge is 0.259 e. The van der Waals surface area contributed by atoms with E-state index >= 15 is 0 Å². The summed E-state index contributed by atoms with van der Waals surface area (Å²) in [6, 6.07) is 9.39.